The largest absolute Gasteiger partial charge is 0.481 e. The normalized spacial score (nSPS) is 15.8. The van der Waals surface area contributed by atoms with Gasteiger partial charge in [-0.1, -0.05) is 12.1 Å². The van der Waals surface area contributed by atoms with Crippen LogP contribution in [0, 0.1) is 0 Å². The molecule has 0 saturated heterocycles. The molecule has 1 heterocycles. The Balaban J connectivity index is 2.23. The number of hydrogen-bond acceptors (Lipinski definition) is 5. The molecule has 2 rings (SSSR count). The molecule has 2 N–H and O–H groups in total. The van der Waals surface area contributed by atoms with Crippen molar-refractivity contribution in [1.82, 2.24) is 4.90 Å². The van der Waals surface area contributed by atoms with Gasteiger partial charge < -0.3 is 5.11 Å². The maximum Gasteiger partial charge on any atom is 0.303 e. The molecule has 9 heteroatoms. The number of amides is 2. The van der Waals surface area contributed by atoms with Crippen LogP contribution in [0.4, 0.5) is 0 Å². The van der Waals surface area contributed by atoms with Gasteiger partial charge in [-0.2, -0.15) is 8.42 Å². The number of aliphatic carboxylic acids is 1. The van der Waals surface area contributed by atoms with E-state index >= 15 is 0 Å². The summed E-state index contributed by atoms with van der Waals surface area (Å²) in [6.07, 6.45) is -0.908. The topological polar surface area (TPSA) is 129 Å². The predicted octanol–water partition coefficient (Wildman–Crippen LogP) is 0.404. The molecule has 0 saturated carbocycles. The first-order chi connectivity index (χ1) is 10.2. The fourth-order valence-electron chi connectivity index (χ4n) is 2.23. The fourth-order valence-corrected chi connectivity index (χ4v) is 2.98. The molecular formula is C13H13NO7S. The first-order valence-electron chi connectivity index (χ1n) is 6.35. The molecule has 1 aliphatic heterocycles. The Labute approximate surface area is 126 Å². The van der Waals surface area contributed by atoms with Gasteiger partial charge in [-0.05, 0) is 18.6 Å². The number of carbonyl (C=O) groups excluding carboxylic acids is 2. The molecule has 1 aliphatic rings. The number of fused-ring (bicyclic) bond motifs is 1. The van der Waals surface area contributed by atoms with Crippen molar-refractivity contribution >= 4 is 27.9 Å². The number of carboxylic acids is 1. The molecule has 22 heavy (non-hydrogen) atoms. The smallest absolute Gasteiger partial charge is 0.303 e. The molecule has 1 aromatic rings. The van der Waals surface area contributed by atoms with E-state index in [4.69, 9.17) is 5.11 Å². The van der Waals surface area contributed by atoms with Crippen molar-refractivity contribution in [1.29, 1.82) is 0 Å². The Morgan fingerprint density at radius 2 is 1.64 bits per heavy atom. The standard InChI is InChI=1S/C13H13NO7S/c15-11(16)6-5-8(22(19,20)21)7-14-12(17)9-3-1-2-4-10(9)13(14)18/h1-4,8H,5-7H2,(H,15,16)(H,19,20,21). The molecule has 0 aliphatic carbocycles. The molecule has 2 amide bonds. The van der Waals surface area contributed by atoms with Crippen molar-refractivity contribution in [3.63, 3.8) is 0 Å². The fraction of sp³-hybridized carbons (Fsp3) is 0.308. The molecule has 0 radical (unpaired) electrons. The highest BCUT2D eigenvalue weighted by molar-refractivity contribution is 7.86. The lowest BCUT2D eigenvalue weighted by Gasteiger charge is -2.19. The Morgan fingerprint density at radius 3 is 2.05 bits per heavy atom. The van der Waals surface area contributed by atoms with E-state index in [1.54, 1.807) is 12.1 Å². The summed E-state index contributed by atoms with van der Waals surface area (Å²) in [5.41, 5.74) is 0.305. The molecule has 1 atom stereocenters. The predicted molar refractivity (Wildman–Crippen MR) is 74.0 cm³/mol. The van der Waals surface area contributed by atoms with Crippen LogP contribution in [-0.4, -0.2) is 52.6 Å². The quantitative estimate of drug-likeness (QED) is 0.571. The van der Waals surface area contributed by atoms with Gasteiger partial charge in [-0.25, -0.2) is 0 Å². The molecule has 1 aromatic carbocycles. The zero-order valence-electron chi connectivity index (χ0n) is 11.3. The number of carbonyl (C=O) groups is 3. The van der Waals surface area contributed by atoms with Gasteiger partial charge >= 0.3 is 5.97 Å². The van der Waals surface area contributed by atoms with Crippen molar-refractivity contribution in [3.05, 3.63) is 35.4 Å². The van der Waals surface area contributed by atoms with E-state index in [0.717, 1.165) is 0 Å². The summed E-state index contributed by atoms with van der Waals surface area (Å²) in [7, 11) is -4.59. The van der Waals surface area contributed by atoms with Crippen LogP contribution in [0.3, 0.4) is 0 Å². The zero-order valence-corrected chi connectivity index (χ0v) is 12.1. The number of nitrogens with zero attached hydrogens (tertiary/aromatic N) is 1. The maximum atomic E-state index is 12.1. The van der Waals surface area contributed by atoms with Gasteiger partial charge in [0.2, 0.25) is 0 Å². The summed E-state index contributed by atoms with van der Waals surface area (Å²) in [6, 6.07) is 6.01. The average molecular weight is 327 g/mol. The second kappa shape index (κ2) is 5.85. The second-order valence-corrected chi connectivity index (χ2v) is 6.53. The third-order valence-electron chi connectivity index (χ3n) is 3.37. The van der Waals surface area contributed by atoms with Crippen LogP contribution in [-0.2, 0) is 14.9 Å². The van der Waals surface area contributed by atoms with E-state index < -0.39 is 52.5 Å². The first kappa shape index (κ1) is 16.1. The van der Waals surface area contributed by atoms with Crippen molar-refractivity contribution in [2.45, 2.75) is 18.1 Å². The van der Waals surface area contributed by atoms with Crippen molar-refractivity contribution in [3.8, 4) is 0 Å². The number of carboxylic acid groups (broad SMARTS) is 1. The summed E-state index contributed by atoms with van der Waals surface area (Å²) >= 11 is 0. The van der Waals surface area contributed by atoms with Crippen molar-refractivity contribution in [2.24, 2.45) is 0 Å². The molecule has 0 aromatic heterocycles. The van der Waals surface area contributed by atoms with Crippen LogP contribution in [0.1, 0.15) is 33.6 Å². The highest BCUT2D eigenvalue weighted by Gasteiger charge is 2.38. The lowest BCUT2D eigenvalue weighted by atomic mass is 10.1. The maximum absolute atomic E-state index is 12.1. The highest BCUT2D eigenvalue weighted by atomic mass is 32.2. The van der Waals surface area contributed by atoms with Gasteiger partial charge in [-0.3, -0.25) is 23.8 Å². The van der Waals surface area contributed by atoms with Gasteiger partial charge in [0, 0.05) is 13.0 Å². The van der Waals surface area contributed by atoms with E-state index in [1.165, 1.54) is 12.1 Å². The van der Waals surface area contributed by atoms with Gasteiger partial charge in [0.25, 0.3) is 21.9 Å². The van der Waals surface area contributed by atoms with Gasteiger partial charge in [-0.15, -0.1) is 0 Å². The van der Waals surface area contributed by atoms with E-state index in [0.29, 0.717) is 4.90 Å². The molecular weight excluding hydrogens is 314 g/mol. The number of hydrogen-bond donors (Lipinski definition) is 2. The SMILES string of the molecule is O=C(O)CCC(CN1C(=O)c2ccccc2C1=O)S(=O)(=O)O. The molecule has 0 spiro atoms. The third kappa shape index (κ3) is 3.15. The van der Waals surface area contributed by atoms with E-state index in [9.17, 15) is 27.4 Å². The Kier molecular flexibility index (Phi) is 4.29. The van der Waals surface area contributed by atoms with Crippen LogP contribution in [0.25, 0.3) is 0 Å². The Hall–Kier alpha value is -2.26. The molecule has 1 unspecified atom stereocenters. The van der Waals surface area contributed by atoms with Crippen molar-refractivity contribution < 1.29 is 32.5 Å². The lowest BCUT2D eigenvalue weighted by molar-refractivity contribution is -0.137. The van der Waals surface area contributed by atoms with Crippen LogP contribution in [0.15, 0.2) is 24.3 Å². The van der Waals surface area contributed by atoms with E-state index in [1.807, 2.05) is 0 Å². The lowest BCUT2D eigenvalue weighted by Crippen LogP contribution is -2.40. The zero-order chi connectivity index (χ0) is 16.5. The first-order valence-corrected chi connectivity index (χ1v) is 7.85. The average Bonchev–Trinajstić information content (AvgIpc) is 2.67. The van der Waals surface area contributed by atoms with Crippen LogP contribution < -0.4 is 0 Å². The summed E-state index contributed by atoms with van der Waals surface area (Å²) < 4.78 is 31.8. The third-order valence-corrected chi connectivity index (χ3v) is 4.59. The molecule has 0 fully saturated rings. The molecule has 0 bridgehead atoms. The van der Waals surface area contributed by atoms with Crippen LogP contribution in [0.5, 0.6) is 0 Å². The number of rotatable bonds is 6. The Bertz CT molecular complexity index is 706. The van der Waals surface area contributed by atoms with E-state index in [2.05, 4.69) is 0 Å². The molecule has 118 valence electrons. The number of benzene rings is 1. The second-order valence-electron chi connectivity index (χ2n) is 4.84. The van der Waals surface area contributed by atoms with Gasteiger partial charge in [0.1, 0.15) is 5.25 Å². The monoisotopic (exact) mass is 327 g/mol. The minimum atomic E-state index is -4.59. The van der Waals surface area contributed by atoms with Gasteiger partial charge in [0.15, 0.2) is 0 Å². The van der Waals surface area contributed by atoms with Crippen LogP contribution in [0.2, 0.25) is 0 Å². The Morgan fingerprint density at radius 1 is 1.14 bits per heavy atom. The highest BCUT2D eigenvalue weighted by Crippen LogP contribution is 2.24. The number of imide groups is 1. The minimum absolute atomic E-state index is 0.153. The van der Waals surface area contributed by atoms with E-state index in [-0.39, 0.29) is 11.1 Å². The van der Waals surface area contributed by atoms with Crippen molar-refractivity contribution in [2.75, 3.05) is 6.54 Å². The summed E-state index contributed by atoms with van der Waals surface area (Å²) in [4.78, 5) is 35.5. The summed E-state index contributed by atoms with van der Waals surface area (Å²) in [5.74, 6) is -2.56. The molecule has 8 nitrogen and oxygen atoms in total. The van der Waals surface area contributed by atoms with Gasteiger partial charge in [0.05, 0.1) is 11.1 Å². The minimum Gasteiger partial charge on any atom is -0.481 e. The van der Waals surface area contributed by atoms with Crippen LogP contribution >= 0.6 is 0 Å². The summed E-state index contributed by atoms with van der Waals surface area (Å²) in [5, 5.41) is 7.07. The summed E-state index contributed by atoms with van der Waals surface area (Å²) in [6.45, 7) is -0.585.